The van der Waals surface area contributed by atoms with Crippen LogP contribution in [0, 0.1) is 0 Å². The smallest absolute Gasteiger partial charge is 0.340 e. The van der Waals surface area contributed by atoms with Crippen molar-refractivity contribution in [2.75, 3.05) is 7.11 Å². The van der Waals surface area contributed by atoms with Gasteiger partial charge >= 0.3 is 5.97 Å². The zero-order valence-electron chi connectivity index (χ0n) is 11.4. The number of ether oxygens (including phenoxy) is 1. The third-order valence-corrected chi connectivity index (χ3v) is 3.28. The highest BCUT2D eigenvalue weighted by atomic mass is 35.5. The van der Waals surface area contributed by atoms with E-state index in [2.05, 4.69) is 5.10 Å². The van der Waals surface area contributed by atoms with E-state index < -0.39 is 5.97 Å². The number of benzene rings is 1. The van der Waals surface area contributed by atoms with Gasteiger partial charge in [0.2, 0.25) is 0 Å². The van der Waals surface area contributed by atoms with E-state index in [9.17, 15) is 9.90 Å². The maximum atomic E-state index is 11.3. The Hall–Kier alpha value is -2.01. The molecule has 1 aromatic heterocycles. The van der Waals surface area contributed by atoms with E-state index in [4.69, 9.17) is 16.3 Å². The zero-order valence-corrected chi connectivity index (χ0v) is 12.2. The summed E-state index contributed by atoms with van der Waals surface area (Å²) in [5.41, 5.74) is 1.21. The fraction of sp³-hybridized carbons (Fsp3) is 0.286. The quantitative estimate of drug-likeness (QED) is 0.939. The van der Waals surface area contributed by atoms with Gasteiger partial charge < -0.3 is 9.84 Å². The Bertz CT molecular complexity index is 633. The molecule has 0 atom stereocenters. The highest BCUT2D eigenvalue weighted by Crippen LogP contribution is 2.28. The summed E-state index contributed by atoms with van der Waals surface area (Å²) in [4.78, 5) is 11.3. The molecule has 5 nitrogen and oxygen atoms in total. The highest BCUT2D eigenvalue weighted by Gasteiger charge is 2.24. The summed E-state index contributed by atoms with van der Waals surface area (Å²) in [5.74, 6) is -0.392. The van der Waals surface area contributed by atoms with Gasteiger partial charge in [0.1, 0.15) is 16.5 Å². The van der Waals surface area contributed by atoms with Gasteiger partial charge in [-0.2, -0.15) is 5.10 Å². The van der Waals surface area contributed by atoms with Gasteiger partial charge in [-0.25, -0.2) is 9.48 Å². The highest BCUT2D eigenvalue weighted by molar-refractivity contribution is 6.33. The molecular formula is C14H15ClN2O3. The lowest BCUT2D eigenvalue weighted by atomic mass is 10.1. The van der Waals surface area contributed by atoms with E-state index in [1.807, 2.05) is 13.8 Å². The van der Waals surface area contributed by atoms with E-state index in [1.165, 1.54) is 4.68 Å². The van der Waals surface area contributed by atoms with Gasteiger partial charge in [-0.15, -0.1) is 0 Å². The molecule has 0 aliphatic rings. The number of hydrogen-bond donors (Lipinski definition) is 1. The Morgan fingerprint density at radius 3 is 2.35 bits per heavy atom. The number of carbonyl (C=O) groups is 1. The van der Waals surface area contributed by atoms with Crippen molar-refractivity contribution in [2.45, 2.75) is 19.8 Å². The van der Waals surface area contributed by atoms with Crippen LogP contribution in [-0.4, -0.2) is 28.0 Å². The van der Waals surface area contributed by atoms with E-state index in [-0.39, 0.29) is 16.6 Å². The Labute approximate surface area is 121 Å². The number of rotatable bonds is 4. The average molecular weight is 295 g/mol. The van der Waals surface area contributed by atoms with Gasteiger partial charge in [0.05, 0.1) is 18.5 Å². The largest absolute Gasteiger partial charge is 0.497 e. The van der Waals surface area contributed by atoms with Gasteiger partial charge in [0, 0.05) is 0 Å². The maximum Gasteiger partial charge on any atom is 0.340 e. The molecule has 0 bridgehead atoms. The second-order valence-electron chi connectivity index (χ2n) is 4.62. The van der Waals surface area contributed by atoms with E-state index in [1.54, 1.807) is 31.4 Å². The second kappa shape index (κ2) is 5.54. The first-order valence-corrected chi connectivity index (χ1v) is 6.49. The van der Waals surface area contributed by atoms with Crippen molar-refractivity contribution in [3.63, 3.8) is 0 Å². The lowest BCUT2D eigenvalue weighted by Crippen LogP contribution is -2.01. The summed E-state index contributed by atoms with van der Waals surface area (Å²) in [6.07, 6.45) is 0. The Kier molecular flexibility index (Phi) is 3.99. The number of aromatic nitrogens is 2. The van der Waals surface area contributed by atoms with Crippen LogP contribution in [0.3, 0.4) is 0 Å². The van der Waals surface area contributed by atoms with Crippen molar-refractivity contribution in [1.29, 1.82) is 0 Å². The molecular weight excluding hydrogens is 280 g/mol. The van der Waals surface area contributed by atoms with Crippen LogP contribution in [0.2, 0.25) is 5.15 Å². The summed E-state index contributed by atoms with van der Waals surface area (Å²) >= 11 is 6.17. The molecule has 0 unspecified atom stereocenters. The molecule has 0 spiro atoms. The van der Waals surface area contributed by atoms with Crippen LogP contribution in [0.15, 0.2) is 24.3 Å². The molecule has 1 heterocycles. The van der Waals surface area contributed by atoms with Crippen molar-refractivity contribution in [1.82, 2.24) is 9.78 Å². The summed E-state index contributed by atoms with van der Waals surface area (Å²) < 4.78 is 6.51. The lowest BCUT2D eigenvalue weighted by Gasteiger charge is -2.04. The standard InChI is InChI=1S/C14H15ClN2O3/c1-8(2)12-11(14(18)19)13(15)17(16-12)9-4-6-10(20-3)7-5-9/h4-8H,1-3H3,(H,18,19). The molecule has 0 aliphatic heterocycles. The van der Waals surface area contributed by atoms with Crippen molar-refractivity contribution in [3.8, 4) is 11.4 Å². The second-order valence-corrected chi connectivity index (χ2v) is 4.98. The average Bonchev–Trinajstić information content (AvgIpc) is 2.77. The van der Waals surface area contributed by atoms with Crippen molar-refractivity contribution in [2.24, 2.45) is 0 Å². The van der Waals surface area contributed by atoms with Crippen molar-refractivity contribution >= 4 is 17.6 Å². The predicted octanol–water partition coefficient (Wildman–Crippen LogP) is 3.36. The monoisotopic (exact) mass is 294 g/mol. The summed E-state index contributed by atoms with van der Waals surface area (Å²) in [7, 11) is 1.58. The van der Waals surface area contributed by atoms with E-state index in [0.29, 0.717) is 17.1 Å². The number of carboxylic acid groups (broad SMARTS) is 1. The first-order chi connectivity index (χ1) is 9.45. The first kappa shape index (κ1) is 14.4. The molecule has 0 fully saturated rings. The number of methoxy groups -OCH3 is 1. The summed E-state index contributed by atoms with van der Waals surface area (Å²) in [6.45, 7) is 3.76. The van der Waals surface area contributed by atoms with Crippen LogP contribution < -0.4 is 4.74 Å². The molecule has 6 heteroatoms. The van der Waals surface area contributed by atoms with Crippen LogP contribution in [-0.2, 0) is 0 Å². The van der Waals surface area contributed by atoms with Crippen LogP contribution >= 0.6 is 11.6 Å². The predicted molar refractivity (Wildman–Crippen MR) is 76.2 cm³/mol. The van der Waals surface area contributed by atoms with Gasteiger partial charge in [0.15, 0.2) is 0 Å². The number of aromatic carboxylic acids is 1. The van der Waals surface area contributed by atoms with Gasteiger partial charge in [-0.1, -0.05) is 25.4 Å². The number of carboxylic acids is 1. The SMILES string of the molecule is COc1ccc(-n2nc(C(C)C)c(C(=O)O)c2Cl)cc1. The first-order valence-electron chi connectivity index (χ1n) is 6.11. The summed E-state index contributed by atoms with van der Waals surface area (Å²) in [5, 5.41) is 13.7. The minimum Gasteiger partial charge on any atom is -0.497 e. The Morgan fingerprint density at radius 1 is 1.35 bits per heavy atom. The Morgan fingerprint density at radius 2 is 1.95 bits per heavy atom. The van der Waals surface area contributed by atoms with E-state index in [0.717, 1.165) is 0 Å². The number of hydrogen-bond acceptors (Lipinski definition) is 3. The van der Waals surface area contributed by atoms with Crippen LogP contribution in [0.1, 0.15) is 35.8 Å². The number of nitrogens with zero attached hydrogens (tertiary/aromatic N) is 2. The fourth-order valence-electron chi connectivity index (χ4n) is 1.91. The lowest BCUT2D eigenvalue weighted by molar-refractivity contribution is 0.0695. The molecule has 20 heavy (non-hydrogen) atoms. The van der Waals surface area contributed by atoms with Gasteiger partial charge in [-0.05, 0) is 30.2 Å². The van der Waals surface area contributed by atoms with Crippen LogP contribution in [0.4, 0.5) is 0 Å². The zero-order chi connectivity index (χ0) is 14.9. The third kappa shape index (κ3) is 2.49. The molecule has 2 rings (SSSR count). The molecule has 1 N–H and O–H groups in total. The fourth-order valence-corrected chi connectivity index (χ4v) is 2.22. The van der Waals surface area contributed by atoms with E-state index >= 15 is 0 Å². The molecule has 1 aromatic carbocycles. The molecule has 106 valence electrons. The number of halogens is 1. The van der Waals surface area contributed by atoms with Gasteiger partial charge in [0.25, 0.3) is 0 Å². The minimum atomic E-state index is -1.07. The molecule has 2 aromatic rings. The summed E-state index contributed by atoms with van der Waals surface area (Å²) in [6, 6.07) is 7.08. The molecule has 0 aliphatic carbocycles. The van der Waals surface area contributed by atoms with Crippen LogP contribution in [0.25, 0.3) is 5.69 Å². The molecule has 0 saturated heterocycles. The third-order valence-electron chi connectivity index (χ3n) is 2.93. The van der Waals surface area contributed by atoms with Crippen LogP contribution in [0.5, 0.6) is 5.75 Å². The van der Waals surface area contributed by atoms with Crippen molar-refractivity contribution < 1.29 is 14.6 Å². The van der Waals surface area contributed by atoms with Gasteiger partial charge in [-0.3, -0.25) is 0 Å². The topological polar surface area (TPSA) is 64.4 Å². The van der Waals surface area contributed by atoms with Crippen molar-refractivity contribution in [3.05, 3.63) is 40.7 Å². The normalized spacial score (nSPS) is 10.8. The molecule has 0 saturated carbocycles. The molecule has 0 radical (unpaired) electrons. The Balaban J connectivity index is 2.56. The minimum absolute atomic E-state index is 0.0295. The molecule has 0 amide bonds. The maximum absolute atomic E-state index is 11.3.